The number of phenols is 1. The maximum atomic E-state index is 11.2. The van der Waals surface area contributed by atoms with Crippen molar-refractivity contribution in [1.29, 1.82) is 0 Å². The summed E-state index contributed by atoms with van der Waals surface area (Å²) >= 11 is 0. The van der Waals surface area contributed by atoms with Crippen molar-refractivity contribution < 1.29 is 13.5 Å². The molecule has 0 saturated heterocycles. The molecule has 0 fully saturated rings. The summed E-state index contributed by atoms with van der Waals surface area (Å²) in [4.78, 5) is 0. The van der Waals surface area contributed by atoms with Crippen LogP contribution < -0.4 is 5.32 Å². The lowest BCUT2D eigenvalue weighted by atomic mass is 10.2. The minimum atomic E-state index is -2.90. The van der Waals surface area contributed by atoms with Crippen LogP contribution in [0.3, 0.4) is 0 Å². The van der Waals surface area contributed by atoms with Gasteiger partial charge >= 0.3 is 0 Å². The third kappa shape index (κ3) is 4.63. The number of hydrogen-bond donors (Lipinski definition) is 2. The van der Waals surface area contributed by atoms with Gasteiger partial charge in [0.15, 0.2) is 9.84 Å². The van der Waals surface area contributed by atoms with Crippen LogP contribution in [0.5, 0.6) is 5.75 Å². The van der Waals surface area contributed by atoms with Crippen LogP contribution in [0.4, 0.5) is 0 Å². The Morgan fingerprint density at radius 2 is 1.94 bits per heavy atom. The molecule has 0 heterocycles. The Labute approximate surface area is 96.2 Å². The molecule has 1 aromatic rings. The Hall–Kier alpha value is -1.07. The molecule has 0 aliphatic carbocycles. The predicted molar refractivity (Wildman–Crippen MR) is 63.8 cm³/mol. The SMILES string of the molecule is CCS(=O)(=O)CCN[CH]c1ccc(O)cc1. The molecule has 0 unspecified atom stereocenters. The molecule has 0 aromatic heterocycles. The molecule has 0 bridgehead atoms. The van der Waals surface area contributed by atoms with E-state index < -0.39 is 9.84 Å². The van der Waals surface area contributed by atoms with Crippen molar-refractivity contribution in [3.63, 3.8) is 0 Å². The Kier molecular flexibility index (Phi) is 4.76. The first-order valence-electron chi connectivity index (χ1n) is 5.09. The monoisotopic (exact) mass is 242 g/mol. The summed E-state index contributed by atoms with van der Waals surface area (Å²) < 4.78 is 22.3. The van der Waals surface area contributed by atoms with Crippen molar-refractivity contribution in [2.45, 2.75) is 6.92 Å². The Morgan fingerprint density at radius 1 is 1.31 bits per heavy atom. The Morgan fingerprint density at radius 3 is 2.50 bits per heavy atom. The lowest BCUT2D eigenvalue weighted by molar-refractivity contribution is 0.475. The fourth-order valence-corrected chi connectivity index (χ4v) is 1.84. The quantitative estimate of drug-likeness (QED) is 0.728. The molecule has 1 aromatic carbocycles. The molecule has 0 atom stereocenters. The van der Waals surface area contributed by atoms with Gasteiger partial charge in [-0.3, -0.25) is 0 Å². The molecule has 5 heteroatoms. The Balaban J connectivity index is 2.29. The fraction of sp³-hybridized carbons (Fsp3) is 0.364. The van der Waals surface area contributed by atoms with Crippen molar-refractivity contribution in [3.05, 3.63) is 36.4 Å². The molecule has 89 valence electrons. The summed E-state index contributed by atoms with van der Waals surface area (Å²) in [6.07, 6.45) is 0. The minimum absolute atomic E-state index is 0.137. The molecule has 0 saturated carbocycles. The van der Waals surface area contributed by atoms with E-state index in [1.165, 1.54) is 0 Å². The zero-order valence-electron chi connectivity index (χ0n) is 9.18. The summed E-state index contributed by atoms with van der Waals surface area (Å²) in [5, 5.41) is 12.0. The van der Waals surface area contributed by atoms with Crippen LogP contribution in [0.2, 0.25) is 0 Å². The van der Waals surface area contributed by atoms with Crippen LogP contribution in [0.15, 0.2) is 24.3 Å². The van der Waals surface area contributed by atoms with Gasteiger partial charge < -0.3 is 10.4 Å². The van der Waals surface area contributed by atoms with Crippen molar-refractivity contribution in [3.8, 4) is 5.75 Å². The van der Waals surface area contributed by atoms with Crippen LogP contribution in [0.1, 0.15) is 12.5 Å². The largest absolute Gasteiger partial charge is 0.508 e. The maximum Gasteiger partial charge on any atom is 0.151 e. The van der Waals surface area contributed by atoms with Crippen molar-refractivity contribution in [2.24, 2.45) is 0 Å². The van der Waals surface area contributed by atoms with Gasteiger partial charge in [-0.15, -0.1) is 0 Å². The van der Waals surface area contributed by atoms with Gasteiger partial charge in [0.25, 0.3) is 0 Å². The fourth-order valence-electron chi connectivity index (χ4n) is 1.12. The zero-order valence-corrected chi connectivity index (χ0v) is 10.00. The zero-order chi connectivity index (χ0) is 12.0. The average Bonchev–Trinajstić information content (AvgIpc) is 2.27. The van der Waals surface area contributed by atoms with Gasteiger partial charge in [0.05, 0.1) is 12.3 Å². The van der Waals surface area contributed by atoms with E-state index in [4.69, 9.17) is 5.11 Å². The number of sulfone groups is 1. The van der Waals surface area contributed by atoms with Gasteiger partial charge in [-0.25, -0.2) is 8.42 Å². The highest BCUT2D eigenvalue weighted by Gasteiger charge is 2.05. The van der Waals surface area contributed by atoms with E-state index in [1.807, 2.05) is 0 Å². The average molecular weight is 242 g/mol. The standard InChI is InChI=1S/C11H16NO3S/c1-2-16(14,15)8-7-12-9-10-3-5-11(13)6-4-10/h3-6,9,12-13H,2,7-8H2,1H3. The first-order valence-corrected chi connectivity index (χ1v) is 6.92. The molecular formula is C11H16NO3S. The van der Waals surface area contributed by atoms with Gasteiger partial charge in [-0.05, 0) is 17.7 Å². The van der Waals surface area contributed by atoms with E-state index >= 15 is 0 Å². The lowest BCUT2D eigenvalue weighted by Crippen LogP contribution is -2.22. The molecule has 1 rings (SSSR count). The van der Waals surface area contributed by atoms with Crippen LogP contribution in [0, 0.1) is 6.54 Å². The molecule has 2 N–H and O–H groups in total. The second-order valence-corrected chi connectivity index (χ2v) is 5.90. The highest BCUT2D eigenvalue weighted by Crippen LogP contribution is 2.09. The van der Waals surface area contributed by atoms with Gasteiger partial charge in [0.2, 0.25) is 0 Å². The van der Waals surface area contributed by atoms with E-state index in [9.17, 15) is 8.42 Å². The summed E-state index contributed by atoms with van der Waals surface area (Å²) in [7, 11) is -2.90. The molecule has 0 spiro atoms. The third-order valence-electron chi connectivity index (χ3n) is 2.16. The van der Waals surface area contributed by atoms with E-state index in [0.29, 0.717) is 6.54 Å². The first-order chi connectivity index (χ1) is 7.53. The highest BCUT2D eigenvalue weighted by atomic mass is 32.2. The van der Waals surface area contributed by atoms with Crippen LogP contribution in [0.25, 0.3) is 0 Å². The van der Waals surface area contributed by atoms with Crippen LogP contribution in [-0.4, -0.2) is 31.6 Å². The van der Waals surface area contributed by atoms with Crippen molar-refractivity contribution in [2.75, 3.05) is 18.1 Å². The first kappa shape index (κ1) is 13.0. The molecule has 0 amide bonds. The lowest BCUT2D eigenvalue weighted by Gasteiger charge is -2.04. The van der Waals surface area contributed by atoms with E-state index in [-0.39, 0.29) is 17.3 Å². The van der Waals surface area contributed by atoms with Crippen molar-refractivity contribution >= 4 is 9.84 Å². The Bertz CT molecular complexity index is 411. The summed E-state index contributed by atoms with van der Waals surface area (Å²) in [5.74, 6) is 0.525. The molecular weight excluding hydrogens is 226 g/mol. The number of rotatable bonds is 6. The van der Waals surface area contributed by atoms with Gasteiger partial charge in [-0.2, -0.15) is 0 Å². The van der Waals surface area contributed by atoms with Gasteiger partial charge in [0.1, 0.15) is 5.75 Å². The molecule has 0 aliphatic rings. The third-order valence-corrected chi connectivity index (χ3v) is 3.86. The highest BCUT2D eigenvalue weighted by molar-refractivity contribution is 7.91. The van der Waals surface area contributed by atoms with Crippen LogP contribution >= 0.6 is 0 Å². The number of aromatic hydroxyl groups is 1. The predicted octanol–water partition coefficient (Wildman–Crippen LogP) is 0.926. The van der Waals surface area contributed by atoms with Crippen molar-refractivity contribution in [1.82, 2.24) is 5.32 Å². The molecule has 4 nitrogen and oxygen atoms in total. The molecule has 1 radical (unpaired) electrons. The van der Waals surface area contributed by atoms with Gasteiger partial charge in [-0.1, -0.05) is 19.1 Å². The normalized spacial score (nSPS) is 11.6. The van der Waals surface area contributed by atoms with E-state index in [0.717, 1.165) is 5.56 Å². The molecule has 0 aliphatic heterocycles. The minimum Gasteiger partial charge on any atom is -0.508 e. The number of nitrogens with one attached hydrogen (secondary N) is 1. The topological polar surface area (TPSA) is 66.4 Å². The summed E-state index contributed by atoms with van der Waals surface area (Å²) in [6, 6.07) is 6.65. The summed E-state index contributed by atoms with van der Waals surface area (Å²) in [6.45, 7) is 3.76. The number of benzene rings is 1. The van der Waals surface area contributed by atoms with Crippen LogP contribution in [-0.2, 0) is 9.84 Å². The summed E-state index contributed by atoms with van der Waals surface area (Å²) in [5.41, 5.74) is 0.895. The maximum absolute atomic E-state index is 11.2. The molecule has 16 heavy (non-hydrogen) atoms. The van der Waals surface area contributed by atoms with E-state index in [2.05, 4.69) is 5.32 Å². The smallest absolute Gasteiger partial charge is 0.151 e. The number of phenolic OH excluding ortho intramolecular Hbond substituents is 1. The second-order valence-electron chi connectivity index (χ2n) is 3.43. The van der Waals surface area contributed by atoms with E-state index in [1.54, 1.807) is 37.7 Å². The van der Waals surface area contributed by atoms with Gasteiger partial charge in [0, 0.05) is 12.3 Å². The number of hydrogen-bond acceptors (Lipinski definition) is 4. The second kappa shape index (κ2) is 5.86.